The number of nitrogens with one attached hydrogen (secondary N) is 2. The van der Waals surface area contributed by atoms with E-state index in [0.717, 1.165) is 12.5 Å². The second-order valence-electron chi connectivity index (χ2n) is 6.59. The Morgan fingerprint density at radius 2 is 1.84 bits per heavy atom. The van der Waals surface area contributed by atoms with E-state index in [2.05, 4.69) is 39.8 Å². The molecule has 3 heteroatoms. The van der Waals surface area contributed by atoms with E-state index in [1.54, 1.807) is 0 Å². The second-order valence-corrected chi connectivity index (χ2v) is 6.59. The average molecular weight is 257 g/mol. The highest BCUT2D eigenvalue weighted by Gasteiger charge is 2.47. The van der Waals surface area contributed by atoms with Crippen LogP contribution in [-0.2, 0) is 0 Å². The van der Waals surface area contributed by atoms with E-state index in [1.165, 1.54) is 56.8 Å². The van der Waals surface area contributed by atoms with Gasteiger partial charge in [-0.1, -0.05) is 12.1 Å². The molecule has 1 atom stereocenters. The molecule has 0 amide bonds. The molecule has 1 unspecified atom stereocenters. The number of anilines is 1. The normalized spacial score (nSPS) is 28.8. The predicted octanol–water partition coefficient (Wildman–Crippen LogP) is 1.56. The zero-order chi connectivity index (χ0) is 12.7. The van der Waals surface area contributed by atoms with Gasteiger partial charge in [-0.05, 0) is 43.0 Å². The molecule has 1 aromatic carbocycles. The second kappa shape index (κ2) is 4.50. The van der Waals surface area contributed by atoms with E-state index in [4.69, 9.17) is 0 Å². The van der Waals surface area contributed by atoms with E-state index in [1.807, 2.05) is 0 Å². The Labute approximate surface area is 115 Å². The van der Waals surface area contributed by atoms with E-state index in [0.29, 0.717) is 5.41 Å². The van der Waals surface area contributed by atoms with Crippen molar-refractivity contribution in [1.29, 1.82) is 0 Å². The fourth-order valence-corrected chi connectivity index (χ4v) is 3.74. The van der Waals surface area contributed by atoms with Crippen molar-refractivity contribution >= 4 is 5.69 Å². The maximum atomic E-state index is 3.50. The summed E-state index contributed by atoms with van der Waals surface area (Å²) in [6.07, 6.45) is 2.65. The Balaban J connectivity index is 1.41. The third-order valence-corrected chi connectivity index (χ3v) is 5.08. The topological polar surface area (TPSA) is 27.3 Å². The maximum Gasteiger partial charge on any atom is 0.0366 e. The van der Waals surface area contributed by atoms with Gasteiger partial charge in [0.2, 0.25) is 0 Å². The first-order valence-electron chi connectivity index (χ1n) is 7.61. The minimum atomic E-state index is 0.617. The molecule has 0 radical (unpaired) electrons. The summed E-state index contributed by atoms with van der Waals surface area (Å²) in [5, 5.41) is 6.90. The number of hydrogen-bond acceptors (Lipinski definition) is 3. The Bertz CT molecular complexity index is 436. The number of piperidine rings is 1. The van der Waals surface area contributed by atoms with E-state index in [-0.39, 0.29) is 0 Å². The molecule has 3 nitrogen and oxygen atoms in total. The largest absolute Gasteiger partial charge is 0.370 e. The first-order chi connectivity index (χ1) is 9.35. The van der Waals surface area contributed by atoms with Crippen LogP contribution in [0.5, 0.6) is 0 Å². The van der Waals surface area contributed by atoms with Crippen molar-refractivity contribution in [2.45, 2.75) is 18.8 Å². The van der Waals surface area contributed by atoms with Gasteiger partial charge in [-0.2, -0.15) is 0 Å². The highest BCUT2D eigenvalue weighted by molar-refractivity contribution is 5.52. The number of benzene rings is 1. The molecule has 0 aromatic heterocycles. The molecule has 2 N–H and O–H groups in total. The van der Waals surface area contributed by atoms with Gasteiger partial charge >= 0.3 is 0 Å². The molecule has 19 heavy (non-hydrogen) atoms. The van der Waals surface area contributed by atoms with E-state index in [9.17, 15) is 0 Å². The van der Waals surface area contributed by atoms with Gasteiger partial charge in [-0.25, -0.2) is 0 Å². The Morgan fingerprint density at radius 3 is 2.42 bits per heavy atom. The number of rotatable bonds is 2. The van der Waals surface area contributed by atoms with Gasteiger partial charge in [0.25, 0.3) is 0 Å². The fraction of sp³-hybridized carbons (Fsp3) is 0.625. The SMILES string of the molecule is c1cc(N2CC3(CNC3)C2)ccc1C1CCCNC1. The van der Waals surface area contributed by atoms with Crippen molar-refractivity contribution in [3.05, 3.63) is 29.8 Å². The third-order valence-electron chi connectivity index (χ3n) is 5.08. The Hall–Kier alpha value is -1.06. The molecule has 0 aliphatic carbocycles. The van der Waals surface area contributed by atoms with Gasteiger partial charge in [0.15, 0.2) is 0 Å². The average Bonchev–Trinajstić information content (AvgIpc) is 2.37. The molecule has 1 aromatic rings. The molecule has 3 aliphatic rings. The van der Waals surface area contributed by atoms with Crippen LogP contribution in [0.4, 0.5) is 5.69 Å². The molecule has 3 saturated heterocycles. The van der Waals surface area contributed by atoms with E-state index < -0.39 is 0 Å². The third kappa shape index (κ3) is 2.05. The van der Waals surface area contributed by atoms with Crippen molar-refractivity contribution in [2.24, 2.45) is 5.41 Å². The van der Waals surface area contributed by atoms with Crippen molar-refractivity contribution in [1.82, 2.24) is 10.6 Å². The van der Waals surface area contributed by atoms with Crippen LogP contribution in [0.25, 0.3) is 0 Å². The van der Waals surface area contributed by atoms with Crippen LogP contribution in [0.15, 0.2) is 24.3 Å². The summed E-state index contributed by atoms with van der Waals surface area (Å²) in [6, 6.07) is 9.33. The molecule has 3 heterocycles. The lowest BCUT2D eigenvalue weighted by Gasteiger charge is -2.57. The molecular weight excluding hydrogens is 234 g/mol. The lowest BCUT2D eigenvalue weighted by molar-refractivity contribution is 0.121. The van der Waals surface area contributed by atoms with Crippen LogP contribution in [-0.4, -0.2) is 39.3 Å². The van der Waals surface area contributed by atoms with Crippen LogP contribution in [0.3, 0.4) is 0 Å². The summed E-state index contributed by atoms with van der Waals surface area (Å²) >= 11 is 0. The molecule has 0 bridgehead atoms. The summed E-state index contributed by atoms with van der Waals surface area (Å²) < 4.78 is 0. The van der Waals surface area contributed by atoms with Gasteiger partial charge < -0.3 is 15.5 Å². The quantitative estimate of drug-likeness (QED) is 0.842. The highest BCUT2D eigenvalue weighted by atomic mass is 15.3. The fourth-order valence-electron chi connectivity index (χ4n) is 3.74. The van der Waals surface area contributed by atoms with Crippen LogP contribution in [0, 0.1) is 5.41 Å². The molecular formula is C16H23N3. The zero-order valence-corrected chi connectivity index (χ0v) is 11.5. The highest BCUT2D eigenvalue weighted by Crippen LogP contribution is 2.37. The number of hydrogen-bond donors (Lipinski definition) is 2. The van der Waals surface area contributed by atoms with Crippen LogP contribution < -0.4 is 15.5 Å². The molecule has 3 fully saturated rings. The lowest BCUT2D eigenvalue weighted by atomic mass is 9.74. The summed E-state index contributed by atoms with van der Waals surface area (Å²) in [5.41, 5.74) is 3.54. The van der Waals surface area contributed by atoms with E-state index >= 15 is 0 Å². The molecule has 102 valence electrons. The lowest BCUT2D eigenvalue weighted by Crippen LogP contribution is -2.71. The molecule has 0 saturated carbocycles. The van der Waals surface area contributed by atoms with Crippen molar-refractivity contribution in [2.75, 3.05) is 44.2 Å². The molecule has 1 spiro atoms. The summed E-state index contributed by atoms with van der Waals surface area (Å²) in [4.78, 5) is 2.52. The summed E-state index contributed by atoms with van der Waals surface area (Å²) in [5.74, 6) is 0.723. The first-order valence-corrected chi connectivity index (χ1v) is 7.61. The van der Waals surface area contributed by atoms with Gasteiger partial charge in [0.05, 0.1) is 0 Å². The van der Waals surface area contributed by atoms with Gasteiger partial charge in [-0.3, -0.25) is 0 Å². The monoisotopic (exact) mass is 257 g/mol. The summed E-state index contributed by atoms with van der Waals surface area (Å²) in [7, 11) is 0. The number of nitrogens with zero attached hydrogens (tertiary/aromatic N) is 1. The van der Waals surface area contributed by atoms with Crippen molar-refractivity contribution in [3.63, 3.8) is 0 Å². The van der Waals surface area contributed by atoms with Crippen LogP contribution in [0.1, 0.15) is 24.3 Å². The van der Waals surface area contributed by atoms with Crippen LogP contribution >= 0.6 is 0 Å². The minimum Gasteiger partial charge on any atom is -0.370 e. The Morgan fingerprint density at radius 1 is 1.05 bits per heavy atom. The van der Waals surface area contributed by atoms with Gasteiger partial charge in [0, 0.05) is 43.8 Å². The van der Waals surface area contributed by atoms with Crippen molar-refractivity contribution in [3.8, 4) is 0 Å². The zero-order valence-electron chi connectivity index (χ0n) is 11.5. The van der Waals surface area contributed by atoms with Crippen LogP contribution in [0.2, 0.25) is 0 Å². The molecule has 4 rings (SSSR count). The predicted molar refractivity (Wildman–Crippen MR) is 78.8 cm³/mol. The first kappa shape index (κ1) is 11.7. The maximum absolute atomic E-state index is 3.50. The summed E-state index contributed by atoms with van der Waals surface area (Å²) in [6.45, 7) is 7.26. The van der Waals surface area contributed by atoms with Gasteiger partial charge in [0.1, 0.15) is 0 Å². The smallest absolute Gasteiger partial charge is 0.0366 e. The minimum absolute atomic E-state index is 0.617. The standard InChI is InChI=1S/C16H23N3/c1-2-14(8-17-7-1)13-3-5-15(6-4-13)19-11-16(12-19)9-18-10-16/h3-6,14,17-18H,1-2,7-12H2. The Kier molecular flexibility index (Phi) is 2.78. The molecule has 3 aliphatic heterocycles. The van der Waals surface area contributed by atoms with Crippen molar-refractivity contribution < 1.29 is 0 Å². The van der Waals surface area contributed by atoms with Gasteiger partial charge in [-0.15, -0.1) is 0 Å².